The van der Waals surface area contributed by atoms with E-state index >= 15 is 0 Å². The maximum Gasteiger partial charge on any atom is 0.0831 e. The number of methoxy groups -OCH3 is 1. The van der Waals surface area contributed by atoms with Crippen molar-refractivity contribution in [3.8, 4) is 0 Å². The lowest BCUT2D eigenvalue weighted by atomic mass is 10.1. The summed E-state index contributed by atoms with van der Waals surface area (Å²) in [5.41, 5.74) is 1.07. The third-order valence-corrected chi connectivity index (χ3v) is 2.08. The van der Waals surface area contributed by atoms with Gasteiger partial charge in [-0.3, -0.25) is 4.98 Å². The Balaban J connectivity index is 2.59. The molecule has 0 aliphatic heterocycles. The summed E-state index contributed by atoms with van der Waals surface area (Å²) < 4.78 is 4.89. The highest BCUT2D eigenvalue weighted by Crippen LogP contribution is 2.17. The Hall–Kier alpha value is -1.83. The Bertz CT molecular complexity index is 457. The van der Waals surface area contributed by atoms with Crippen molar-refractivity contribution >= 4 is 16.8 Å². The highest BCUT2D eigenvalue weighted by molar-refractivity contribution is 5.89. The van der Waals surface area contributed by atoms with Crippen LogP contribution in [0, 0.1) is 0 Å². The lowest BCUT2D eigenvalue weighted by Crippen LogP contribution is -1.81. The van der Waals surface area contributed by atoms with Crippen molar-refractivity contribution in [3.63, 3.8) is 0 Å². The summed E-state index contributed by atoms with van der Waals surface area (Å²) >= 11 is 0. The molecule has 2 heteroatoms. The fraction of sp³-hybridized carbons (Fsp3) is 0.0833. The molecular formula is C12H11NO. The molecule has 1 heterocycles. The van der Waals surface area contributed by atoms with Crippen molar-refractivity contribution in [2.24, 2.45) is 0 Å². The average Bonchev–Trinajstić information content (AvgIpc) is 2.26. The van der Waals surface area contributed by atoms with Gasteiger partial charge in [-0.1, -0.05) is 24.3 Å². The van der Waals surface area contributed by atoms with Crippen LogP contribution in [0.1, 0.15) is 5.56 Å². The van der Waals surface area contributed by atoms with Crippen LogP contribution >= 0.6 is 0 Å². The van der Waals surface area contributed by atoms with E-state index in [0.717, 1.165) is 10.9 Å². The van der Waals surface area contributed by atoms with Gasteiger partial charge in [-0.2, -0.15) is 0 Å². The van der Waals surface area contributed by atoms with E-state index < -0.39 is 0 Å². The lowest BCUT2D eigenvalue weighted by molar-refractivity contribution is 0.341. The number of aromatic nitrogens is 1. The van der Waals surface area contributed by atoms with Gasteiger partial charge in [-0.25, -0.2) is 0 Å². The normalized spacial score (nSPS) is 10.9. The third kappa shape index (κ3) is 1.59. The second-order valence-corrected chi connectivity index (χ2v) is 2.99. The number of fused-ring (bicyclic) bond motifs is 1. The largest absolute Gasteiger partial charge is 0.504 e. The summed E-state index contributed by atoms with van der Waals surface area (Å²) in [6, 6.07) is 8.15. The molecule has 0 saturated carbocycles. The quantitative estimate of drug-likeness (QED) is 0.671. The molecule has 0 unspecified atom stereocenters. The molecule has 0 spiro atoms. The molecule has 0 saturated heterocycles. The Morgan fingerprint density at radius 1 is 1.21 bits per heavy atom. The molecule has 0 aliphatic carbocycles. The number of hydrogen-bond acceptors (Lipinski definition) is 2. The first-order valence-corrected chi connectivity index (χ1v) is 4.44. The first-order valence-electron chi connectivity index (χ1n) is 4.44. The van der Waals surface area contributed by atoms with Crippen LogP contribution in [0.15, 0.2) is 42.9 Å². The van der Waals surface area contributed by atoms with Crippen LogP contribution in [-0.2, 0) is 4.74 Å². The van der Waals surface area contributed by atoms with Gasteiger partial charge in [0.2, 0.25) is 0 Å². The van der Waals surface area contributed by atoms with Crippen LogP contribution in [0.5, 0.6) is 0 Å². The van der Waals surface area contributed by atoms with Crippen molar-refractivity contribution in [2.75, 3.05) is 7.11 Å². The molecule has 14 heavy (non-hydrogen) atoms. The molecule has 0 fully saturated rings. The molecule has 0 N–H and O–H groups in total. The molecule has 2 rings (SSSR count). The average molecular weight is 185 g/mol. The van der Waals surface area contributed by atoms with Crippen molar-refractivity contribution < 1.29 is 4.74 Å². The lowest BCUT2D eigenvalue weighted by Gasteiger charge is -2.00. The number of nitrogens with zero attached hydrogens (tertiary/aromatic N) is 1. The van der Waals surface area contributed by atoms with Crippen LogP contribution < -0.4 is 0 Å². The molecule has 2 nitrogen and oxygen atoms in total. The Morgan fingerprint density at radius 2 is 2.07 bits per heavy atom. The summed E-state index contributed by atoms with van der Waals surface area (Å²) in [6.45, 7) is 0. The van der Waals surface area contributed by atoms with Crippen LogP contribution in [0.25, 0.3) is 16.8 Å². The summed E-state index contributed by atoms with van der Waals surface area (Å²) in [5.74, 6) is 0. The van der Waals surface area contributed by atoms with Gasteiger partial charge in [0.1, 0.15) is 0 Å². The topological polar surface area (TPSA) is 22.1 Å². The number of pyridine rings is 1. The number of benzene rings is 1. The van der Waals surface area contributed by atoms with E-state index in [0.29, 0.717) is 0 Å². The van der Waals surface area contributed by atoms with Gasteiger partial charge >= 0.3 is 0 Å². The van der Waals surface area contributed by atoms with Gasteiger partial charge in [0, 0.05) is 23.3 Å². The molecule has 2 aromatic rings. The molecule has 0 bridgehead atoms. The molecular weight excluding hydrogens is 174 g/mol. The smallest absolute Gasteiger partial charge is 0.0831 e. The molecule has 1 aromatic heterocycles. The van der Waals surface area contributed by atoms with E-state index in [1.54, 1.807) is 13.4 Å². The molecule has 70 valence electrons. The Kier molecular flexibility index (Phi) is 2.45. The summed E-state index contributed by atoms with van der Waals surface area (Å²) in [5, 5.41) is 2.33. The van der Waals surface area contributed by atoms with Crippen molar-refractivity contribution in [1.82, 2.24) is 4.98 Å². The summed E-state index contributed by atoms with van der Waals surface area (Å²) in [6.07, 6.45) is 7.26. The zero-order valence-corrected chi connectivity index (χ0v) is 7.97. The van der Waals surface area contributed by atoms with E-state index in [1.807, 2.05) is 36.7 Å². The van der Waals surface area contributed by atoms with Crippen molar-refractivity contribution in [2.45, 2.75) is 0 Å². The minimum atomic E-state index is 1.07. The fourth-order valence-electron chi connectivity index (χ4n) is 1.41. The van der Waals surface area contributed by atoms with Crippen LogP contribution in [0.2, 0.25) is 0 Å². The Morgan fingerprint density at radius 3 is 2.93 bits per heavy atom. The van der Waals surface area contributed by atoms with Gasteiger partial charge in [-0.05, 0) is 11.5 Å². The summed E-state index contributed by atoms with van der Waals surface area (Å²) in [7, 11) is 1.63. The number of ether oxygens (including phenoxy) is 1. The van der Waals surface area contributed by atoms with E-state index in [4.69, 9.17) is 4.74 Å². The maximum absolute atomic E-state index is 4.89. The maximum atomic E-state index is 4.89. The van der Waals surface area contributed by atoms with E-state index in [-0.39, 0.29) is 0 Å². The van der Waals surface area contributed by atoms with Crippen molar-refractivity contribution in [1.29, 1.82) is 0 Å². The van der Waals surface area contributed by atoms with E-state index in [1.165, 1.54) is 5.39 Å². The zero-order chi connectivity index (χ0) is 9.80. The molecule has 0 radical (unpaired) electrons. The monoisotopic (exact) mass is 185 g/mol. The zero-order valence-electron chi connectivity index (χ0n) is 7.97. The highest BCUT2D eigenvalue weighted by Gasteiger charge is 1.96. The second-order valence-electron chi connectivity index (χ2n) is 2.99. The van der Waals surface area contributed by atoms with Crippen LogP contribution in [-0.4, -0.2) is 12.1 Å². The van der Waals surface area contributed by atoms with Gasteiger partial charge in [0.25, 0.3) is 0 Å². The van der Waals surface area contributed by atoms with Crippen molar-refractivity contribution in [3.05, 3.63) is 48.5 Å². The van der Waals surface area contributed by atoms with Crippen LogP contribution in [0.3, 0.4) is 0 Å². The number of hydrogen-bond donors (Lipinski definition) is 0. The van der Waals surface area contributed by atoms with E-state index in [2.05, 4.69) is 11.1 Å². The number of rotatable bonds is 2. The molecule has 0 aliphatic rings. The summed E-state index contributed by atoms with van der Waals surface area (Å²) in [4.78, 5) is 4.16. The molecule has 0 atom stereocenters. The predicted octanol–water partition coefficient (Wildman–Crippen LogP) is 2.85. The SMILES string of the molecule is CO/C=C/c1cncc2ccccc12. The first-order chi connectivity index (χ1) is 6.92. The van der Waals surface area contributed by atoms with Gasteiger partial charge in [-0.15, -0.1) is 0 Å². The standard InChI is InChI=1S/C12H11NO/c1-14-7-6-11-9-13-8-10-4-2-3-5-12(10)11/h2-9H,1H3/b7-6+. The predicted molar refractivity (Wildman–Crippen MR) is 57.8 cm³/mol. The van der Waals surface area contributed by atoms with Gasteiger partial charge < -0.3 is 4.74 Å². The molecule has 1 aromatic carbocycles. The Labute approximate surface area is 82.9 Å². The van der Waals surface area contributed by atoms with E-state index in [9.17, 15) is 0 Å². The van der Waals surface area contributed by atoms with Gasteiger partial charge in [0.15, 0.2) is 0 Å². The third-order valence-electron chi connectivity index (χ3n) is 2.08. The highest BCUT2D eigenvalue weighted by atomic mass is 16.5. The van der Waals surface area contributed by atoms with Gasteiger partial charge in [0.05, 0.1) is 13.4 Å². The van der Waals surface area contributed by atoms with Crippen LogP contribution in [0.4, 0.5) is 0 Å². The fourth-order valence-corrected chi connectivity index (χ4v) is 1.41. The first kappa shape index (κ1) is 8.75. The minimum Gasteiger partial charge on any atom is -0.504 e. The minimum absolute atomic E-state index is 1.07. The molecule has 0 amide bonds. The second kappa shape index (κ2) is 3.92.